The third kappa shape index (κ3) is 4.66. The highest BCUT2D eigenvalue weighted by Crippen LogP contribution is 2.29. The zero-order chi connectivity index (χ0) is 18.6. The van der Waals surface area contributed by atoms with Crippen LogP contribution in [-0.2, 0) is 17.0 Å². The zero-order valence-electron chi connectivity index (χ0n) is 14.6. The molecule has 1 atom stereocenters. The minimum Gasteiger partial charge on any atom is -0.376 e. The molecule has 3 aromatic rings. The number of aromatic nitrogens is 3. The average Bonchev–Trinajstić information content (AvgIpc) is 3.31. The van der Waals surface area contributed by atoms with Gasteiger partial charge in [-0.2, -0.15) is 0 Å². The quantitative estimate of drug-likeness (QED) is 0.478. The van der Waals surface area contributed by atoms with Crippen molar-refractivity contribution >= 4 is 35.0 Å². The van der Waals surface area contributed by atoms with Crippen LogP contribution in [0.15, 0.2) is 53.7 Å². The number of ether oxygens (including phenoxy) is 1. The number of benzene rings is 2. The van der Waals surface area contributed by atoms with Gasteiger partial charge in [-0.05, 0) is 54.8 Å². The molecule has 0 amide bonds. The van der Waals surface area contributed by atoms with Gasteiger partial charge >= 0.3 is 0 Å². The highest BCUT2D eigenvalue weighted by atomic mass is 35.5. The SMILES string of the molecule is Clc1ccc(-c2nnc(SCc3cccc(Cl)c3)n2C[C@H]2CCCO2)cc1. The Morgan fingerprint density at radius 3 is 2.67 bits per heavy atom. The van der Waals surface area contributed by atoms with Crippen LogP contribution < -0.4 is 0 Å². The van der Waals surface area contributed by atoms with Gasteiger partial charge in [0.1, 0.15) is 0 Å². The molecule has 4 rings (SSSR count). The predicted octanol–water partition coefficient (Wildman–Crippen LogP) is 5.72. The lowest BCUT2D eigenvalue weighted by Gasteiger charge is -2.15. The maximum Gasteiger partial charge on any atom is 0.191 e. The van der Waals surface area contributed by atoms with E-state index < -0.39 is 0 Å². The van der Waals surface area contributed by atoms with Crippen molar-refractivity contribution in [3.8, 4) is 11.4 Å². The minimum absolute atomic E-state index is 0.206. The summed E-state index contributed by atoms with van der Waals surface area (Å²) in [7, 11) is 0. The topological polar surface area (TPSA) is 39.9 Å². The van der Waals surface area contributed by atoms with E-state index in [1.807, 2.05) is 42.5 Å². The molecule has 1 aliphatic heterocycles. The Bertz CT molecular complexity index is 908. The summed E-state index contributed by atoms with van der Waals surface area (Å²) in [6, 6.07) is 15.6. The Balaban J connectivity index is 1.60. The summed E-state index contributed by atoms with van der Waals surface area (Å²) in [4.78, 5) is 0. The molecule has 2 aromatic carbocycles. The number of nitrogens with zero attached hydrogens (tertiary/aromatic N) is 3. The molecule has 7 heteroatoms. The number of hydrogen-bond donors (Lipinski definition) is 0. The van der Waals surface area contributed by atoms with E-state index in [1.165, 1.54) is 0 Å². The maximum absolute atomic E-state index is 6.10. The first-order chi connectivity index (χ1) is 13.2. The Hall–Kier alpha value is -1.53. The van der Waals surface area contributed by atoms with Gasteiger partial charge in [-0.1, -0.05) is 47.1 Å². The smallest absolute Gasteiger partial charge is 0.191 e. The first kappa shape index (κ1) is 18.8. The van der Waals surface area contributed by atoms with Gasteiger partial charge in [0, 0.05) is 28.0 Å². The lowest BCUT2D eigenvalue weighted by Crippen LogP contribution is -2.16. The summed E-state index contributed by atoms with van der Waals surface area (Å²) in [5.74, 6) is 1.63. The van der Waals surface area contributed by atoms with Crippen LogP contribution in [-0.4, -0.2) is 27.5 Å². The summed E-state index contributed by atoms with van der Waals surface area (Å²) in [5, 5.41) is 11.2. The molecule has 2 heterocycles. The lowest BCUT2D eigenvalue weighted by molar-refractivity contribution is 0.0953. The van der Waals surface area contributed by atoms with Crippen LogP contribution >= 0.6 is 35.0 Å². The molecule has 0 spiro atoms. The lowest BCUT2D eigenvalue weighted by atomic mass is 10.2. The molecule has 0 N–H and O–H groups in total. The zero-order valence-corrected chi connectivity index (χ0v) is 17.0. The molecule has 140 valence electrons. The highest BCUT2D eigenvalue weighted by molar-refractivity contribution is 7.98. The normalized spacial score (nSPS) is 16.7. The molecule has 0 radical (unpaired) electrons. The Morgan fingerprint density at radius 1 is 1.07 bits per heavy atom. The van der Waals surface area contributed by atoms with Crippen molar-refractivity contribution in [2.45, 2.75) is 36.4 Å². The Kier molecular flexibility index (Phi) is 6.03. The first-order valence-corrected chi connectivity index (χ1v) is 10.6. The molecule has 27 heavy (non-hydrogen) atoms. The predicted molar refractivity (Wildman–Crippen MR) is 110 cm³/mol. The number of thioether (sulfide) groups is 1. The highest BCUT2D eigenvalue weighted by Gasteiger charge is 2.21. The number of hydrogen-bond acceptors (Lipinski definition) is 4. The summed E-state index contributed by atoms with van der Waals surface area (Å²) >= 11 is 13.8. The molecule has 1 fully saturated rings. The molecule has 0 bridgehead atoms. The second-order valence-corrected chi connectivity index (χ2v) is 8.29. The van der Waals surface area contributed by atoms with Crippen molar-refractivity contribution in [2.24, 2.45) is 0 Å². The van der Waals surface area contributed by atoms with Crippen molar-refractivity contribution < 1.29 is 4.74 Å². The largest absolute Gasteiger partial charge is 0.376 e. The van der Waals surface area contributed by atoms with Gasteiger partial charge in [0.2, 0.25) is 0 Å². The van der Waals surface area contributed by atoms with E-state index in [1.54, 1.807) is 11.8 Å². The van der Waals surface area contributed by atoms with Crippen LogP contribution in [0.3, 0.4) is 0 Å². The van der Waals surface area contributed by atoms with Crippen molar-refractivity contribution in [1.82, 2.24) is 14.8 Å². The van der Waals surface area contributed by atoms with Crippen LogP contribution in [0.25, 0.3) is 11.4 Å². The second-order valence-electron chi connectivity index (χ2n) is 6.48. The molecule has 0 aliphatic carbocycles. The molecule has 1 aliphatic rings. The number of halogens is 2. The molecular formula is C20H19Cl2N3OS. The van der Waals surface area contributed by atoms with Gasteiger partial charge in [-0.25, -0.2) is 0 Å². The van der Waals surface area contributed by atoms with E-state index in [2.05, 4.69) is 20.8 Å². The monoisotopic (exact) mass is 419 g/mol. The maximum atomic E-state index is 6.10. The van der Waals surface area contributed by atoms with E-state index in [4.69, 9.17) is 27.9 Å². The second kappa shape index (κ2) is 8.65. The van der Waals surface area contributed by atoms with Crippen molar-refractivity contribution in [3.05, 3.63) is 64.1 Å². The van der Waals surface area contributed by atoms with Crippen molar-refractivity contribution in [3.63, 3.8) is 0 Å². The van der Waals surface area contributed by atoms with E-state index >= 15 is 0 Å². The molecular weight excluding hydrogens is 401 g/mol. The molecule has 1 aromatic heterocycles. The fourth-order valence-corrected chi connectivity index (χ4v) is 4.37. The van der Waals surface area contributed by atoms with Crippen molar-refractivity contribution in [2.75, 3.05) is 6.61 Å². The van der Waals surface area contributed by atoms with Gasteiger partial charge in [0.15, 0.2) is 11.0 Å². The van der Waals surface area contributed by atoms with E-state index in [9.17, 15) is 0 Å². The van der Waals surface area contributed by atoms with E-state index in [-0.39, 0.29) is 6.10 Å². The first-order valence-electron chi connectivity index (χ1n) is 8.87. The Morgan fingerprint density at radius 2 is 1.93 bits per heavy atom. The van der Waals surface area contributed by atoms with Crippen molar-refractivity contribution in [1.29, 1.82) is 0 Å². The minimum atomic E-state index is 0.206. The van der Waals surface area contributed by atoms with Crippen LogP contribution in [0, 0.1) is 0 Å². The Labute approximate surface area is 172 Å². The molecule has 0 saturated carbocycles. The third-order valence-electron chi connectivity index (χ3n) is 4.49. The summed E-state index contributed by atoms with van der Waals surface area (Å²) < 4.78 is 8.01. The summed E-state index contributed by atoms with van der Waals surface area (Å²) in [6.45, 7) is 1.58. The summed E-state index contributed by atoms with van der Waals surface area (Å²) in [5.41, 5.74) is 2.16. The fraction of sp³-hybridized carbons (Fsp3) is 0.300. The van der Waals surface area contributed by atoms with Gasteiger partial charge in [0.25, 0.3) is 0 Å². The standard InChI is InChI=1S/C20H19Cl2N3OS/c21-16-8-6-15(7-9-16)19-23-24-20(25(19)12-18-5-2-10-26-18)27-13-14-3-1-4-17(22)11-14/h1,3-4,6-9,11,18H,2,5,10,12-13H2/t18-/m1/s1. The van der Waals surface area contributed by atoms with Crippen LogP contribution in [0.5, 0.6) is 0 Å². The number of rotatable bonds is 6. The average molecular weight is 420 g/mol. The molecule has 4 nitrogen and oxygen atoms in total. The van der Waals surface area contributed by atoms with Gasteiger partial charge < -0.3 is 4.74 Å². The van der Waals surface area contributed by atoms with Gasteiger partial charge in [-0.3, -0.25) is 4.57 Å². The third-order valence-corrected chi connectivity index (χ3v) is 6.01. The van der Waals surface area contributed by atoms with Crippen LogP contribution in [0.1, 0.15) is 18.4 Å². The molecule has 1 saturated heterocycles. The fourth-order valence-electron chi connectivity index (χ4n) is 3.14. The summed E-state index contributed by atoms with van der Waals surface area (Å²) in [6.07, 6.45) is 2.38. The van der Waals surface area contributed by atoms with Gasteiger partial charge in [0.05, 0.1) is 12.6 Å². The van der Waals surface area contributed by atoms with Crippen LogP contribution in [0.2, 0.25) is 10.0 Å². The molecule has 0 unspecified atom stereocenters. The van der Waals surface area contributed by atoms with E-state index in [0.29, 0.717) is 5.02 Å². The van der Waals surface area contributed by atoms with E-state index in [0.717, 1.165) is 58.9 Å². The van der Waals surface area contributed by atoms with Gasteiger partial charge in [-0.15, -0.1) is 10.2 Å². The van der Waals surface area contributed by atoms with Crippen LogP contribution in [0.4, 0.5) is 0 Å².